The molecule has 0 aliphatic carbocycles. The summed E-state index contributed by atoms with van der Waals surface area (Å²) in [5, 5.41) is 17.0. The van der Waals surface area contributed by atoms with Crippen molar-refractivity contribution in [2.24, 2.45) is 5.92 Å². The van der Waals surface area contributed by atoms with Crippen LogP contribution in [0.2, 0.25) is 0 Å². The largest absolute Gasteiger partial charge is 0.459 e. The first-order chi connectivity index (χ1) is 27.2. The maximum absolute atomic E-state index is 13.9. The zero-order chi connectivity index (χ0) is 39.4. The lowest BCUT2D eigenvalue weighted by Gasteiger charge is -2.40. The molecule has 290 valence electrons. The lowest BCUT2D eigenvalue weighted by atomic mass is 9.87. The predicted molar refractivity (Wildman–Crippen MR) is 213 cm³/mol. The smallest absolute Gasteiger partial charge is 0.338 e. The zero-order valence-corrected chi connectivity index (χ0v) is 31.9. The van der Waals surface area contributed by atoms with Crippen molar-refractivity contribution in [1.29, 1.82) is 0 Å². The van der Waals surface area contributed by atoms with Gasteiger partial charge in [-0.3, -0.25) is 9.89 Å². The van der Waals surface area contributed by atoms with Gasteiger partial charge in [0.25, 0.3) is 0 Å². The molecule has 5 aromatic rings. The fraction of sp³-hybridized carbons (Fsp3) is 0.304. The van der Waals surface area contributed by atoms with Crippen molar-refractivity contribution in [2.75, 3.05) is 13.2 Å². The SMILES string of the molecule is Cc1cc(/C=C/CCO)ccc1Cc1c(O[C@@H]2O[C@H](COC(=O)c3ccccc3)C[C@H](OC(=O)c3ccccc3)[C@H]2CC(=O)c2ccccc2)n[nH]c1C(C)C. The standard InChI is InChI=1S/C46H48N2O8/c1-30(2)42-39(26-36-23-22-32(25-31(36)3)15-13-14-24-49)43(48-47-42)56-46-38(28-40(50)33-16-7-4-8-17-33)41(55-45(52)35-20-11-6-12-21-35)27-37(54-46)29-53-44(51)34-18-9-5-10-19-34/h4-13,15-23,25,30,37-38,41,46,49H,14,24,26-29H2,1-3H3,(H,47,48)/b15-13+/t37-,38+,41-,46-/m0/s1. The lowest BCUT2D eigenvalue weighted by Crippen LogP contribution is -2.50. The van der Waals surface area contributed by atoms with E-state index in [0.717, 1.165) is 27.9 Å². The maximum atomic E-state index is 13.9. The predicted octanol–water partition coefficient (Wildman–Crippen LogP) is 8.29. The van der Waals surface area contributed by atoms with E-state index in [4.69, 9.17) is 18.9 Å². The van der Waals surface area contributed by atoms with Gasteiger partial charge in [-0.05, 0) is 60.2 Å². The molecule has 1 aliphatic rings. The summed E-state index contributed by atoms with van der Waals surface area (Å²) in [5.41, 5.74) is 6.15. The van der Waals surface area contributed by atoms with Crippen molar-refractivity contribution in [3.05, 3.63) is 160 Å². The van der Waals surface area contributed by atoms with Crippen LogP contribution in [-0.4, -0.2) is 64.7 Å². The van der Waals surface area contributed by atoms with Gasteiger partial charge in [-0.25, -0.2) is 9.59 Å². The highest BCUT2D eigenvalue weighted by Crippen LogP contribution is 2.37. The zero-order valence-electron chi connectivity index (χ0n) is 31.9. The van der Waals surface area contributed by atoms with Gasteiger partial charge < -0.3 is 24.1 Å². The van der Waals surface area contributed by atoms with Crippen LogP contribution in [0.1, 0.15) is 98.0 Å². The number of carbonyl (C=O) groups excluding carboxylic acids is 3. The van der Waals surface area contributed by atoms with E-state index >= 15 is 0 Å². The number of hydrogen-bond acceptors (Lipinski definition) is 9. The molecule has 1 fully saturated rings. The number of esters is 2. The Morgan fingerprint density at radius 2 is 1.54 bits per heavy atom. The van der Waals surface area contributed by atoms with E-state index in [1.807, 2.05) is 36.4 Å². The second kappa shape index (κ2) is 19.2. The molecule has 1 aliphatic heterocycles. The molecule has 2 N–H and O–H groups in total. The highest BCUT2D eigenvalue weighted by atomic mass is 16.7. The minimum atomic E-state index is -1.12. The Hall–Kier alpha value is -5.84. The Kier molecular flexibility index (Phi) is 13.6. The second-order valence-electron chi connectivity index (χ2n) is 14.3. The minimum Gasteiger partial charge on any atom is -0.459 e. The Balaban J connectivity index is 1.34. The molecule has 1 aromatic heterocycles. The average molecular weight is 757 g/mol. The number of ether oxygens (including phenoxy) is 4. The maximum Gasteiger partial charge on any atom is 0.338 e. The van der Waals surface area contributed by atoms with E-state index in [2.05, 4.69) is 43.1 Å². The van der Waals surface area contributed by atoms with E-state index in [1.165, 1.54) is 0 Å². The molecular weight excluding hydrogens is 709 g/mol. The fourth-order valence-corrected chi connectivity index (χ4v) is 6.83. The molecule has 0 bridgehead atoms. The molecule has 0 saturated carbocycles. The van der Waals surface area contributed by atoms with Crippen LogP contribution in [0.25, 0.3) is 6.08 Å². The first-order valence-corrected chi connectivity index (χ1v) is 19.0. The molecule has 56 heavy (non-hydrogen) atoms. The summed E-state index contributed by atoms with van der Waals surface area (Å²) in [4.78, 5) is 40.5. The van der Waals surface area contributed by atoms with Gasteiger partial charge >= 0.3 is 11.9 Å². The van der Waals surface area contributed by atoms with E-state index < -0.39 is 36.4 Å². The molecule has 0 amide bonds. The molecular formula is C46H48N2O8. The van der Waals surface area contributed by atoms with Gasteiger partial charge in [-0.2, -0.15) is 0 Å². The highest BCUT2D eigenvalue weighted by Gasteiger charge is 2.45. The number of Topliss-reactive ketones (excluding diaryl/α,β-unsaturated/α-hetero) is 1. The van der Waals surface area contributed by atoms with Gasteiger partial charge in [0.2, 0.25) is 12.2 Å². The quantitative estimate of drug-likeness (QED) is 0.0753. The van der Waals surface area contributed by atoms with Crippen LogP contribution < -0.4 is 4.74 Å². The van der Waals surface area contributed by atoms with Crippen molar-refractivity contribution < 1.29 is 38.4 Å². The first-order valence-electron chi connectivity index (χ1n) is 19.0. The van der Waals surface area contributed by atoms with Gasteiger partial charge in [0.1, 0.15) is 12.7 Å². The molecule has 4 aromatic carbocycles. The van der Waals surface area contributed by atoms with Crippen LogP contribution in [-0.2, 0) is 20.6 Å². The molecule has 4 atom stereocenters. The molecule has 10 nitrogen and oxygen atoms in total. The number of benzene rings is 4. The van der Waals surface area contributed by atoms with Gasteiger partial charge in [0.05, 0.1) is 23.1 Å². The van der Waals surface area contributed by atoms with Crippen LogP contribution in [0, 0.1) is 12.8 Å². The Morgan fingerprint density at radius 1 is 0.893 bits per heavy atom. The minimum absolute atomic E-state index is 0.0564. The van der Waals surface area contributed by atoms with Crippen molar-refractivity contribution in [3.8, 4) is 5.88 Å². The van der Waals surface area contributed by atoms with Crippen LogP contribution in [0.5, 0.6) is 5.88 Å². The molecule has 10 heteroatoms. The van der Waals surface area contributed by atoms with Crippen LogP contribution >= 0.6 is 0 Å². The number of hydrogen-bond donors (Lipinski definition) is 2. The number of aryl methyl sites for hydroxylation is 1. The van der Waals surface area contributed by atoms with Crippen LogP contribution in [0.4, 0.5) is 0 Å². The summed E-state index contributed by atoms with van der Waals surface area (Å²) in [7, 11) is 0. The van der Waals surface area contributed by atoms with Crippen molar-refractivity contribution >= 4 is 23.8 Å². The van der Waals surface area contributed by atoms with Crippen molar-refractivity contribution in [3.63, 3.8) is 0 Å². The highest BCUT2D eigenvalue weighted by molar-refractivity contribution is 5.96. The summed E-state index contributed by atoms with van der Waals surface area (Å²) < 4.78 is 25.2. The number of aromatic nitrogens is 2. The van der Waals surface area contributed by atoms with E-state index in [-0.39, 0.29) is 37.8 Å². The topological polar surface area (TPSA) is 137 Å². The Bertz CT molecular complexity index is 2100. The fourth-order valence-electron chi connectivity index (χ4n) is 6.83. The molecule has 1 saturated heterocycles. The van der Waals surface area contributed by atoms with E-state index in [9.17, 15) is 19.5 Å². The van der Waals surface area contributed by atoms with E-state index in [0.29, 0.717) is 35.4 Å². The van der Waals surface area contributed by atoms with Crippen molar-refractivity contribution in [2.45, 2.75) is 70.9 Å². The van der Waals surface area contributed by atoms with Gasteiger partial charge in [-0.1, -0.05) is 111 Å². The summed E-state index contributed by atoms with van der Waals surface area (Å²) in [6.07, 6.45) is 2.39. The normalized spacial score (nSPS) is 18.2. The monoisotopic (exact) mass is 756 g/mol. The molecule has 0 radical (unpaired) electrons. The third-order valence-corrected chi connectivity index (χ3v) is 9.85. The molecule has 6 rings (SSSR count). The van der Waals surface area contributed by atoms with E-state index in [1.54, 1.807) is 72.8 Å². The summed E-state index contributed by atoms with van der Waals surface area (Å²) in [5.74, 6) is -1.62. The molecule has 0 spiro atoms. The number of aliphatic hydroxyl groups excluding tert-OH is 1. The number of rotatable bonds is 16. The molecule has 0 unspecified atom stereocenters. The molecule has 2 heterocycles. The van der Waals surface area contributed by atoms with Gasteiger partial charge in [0, 0.05) is 42.7 Å². The number of nitrogens with zero attached hydrogens (tertiary/aromatic N) is 1. The van der Waals surface area contributed by atoms with Crippen LogP contribution in [0.3, 0.4) is 0 Å². The number of H-pyrrole nitrogens is 1. The lowest BCUT2D eigenvalue weighted by molar-refractivity contribution is -0.219. The van der Waals surface area contributed by atoms with Crippen molar-refractivity contribution in [1.82, 2.24) is 10.2 Å². The summed E-state index contributed by atoms with van der Waals surface area (Å²) >= 11 is 0. The number of aliphatic hydroxyl groups is 1. The third kappa shape index (κ3) is 10.3. The Morgan fingerprint density at radius 3 is 2.16 bits per heavy atom. The third-order valence-electron chi connectivity index (χ3n) is 9.85. The number of aromatic amines is 1. The van der Waals surface area contributed by atoms with Crippen LogP contribution in [0.15, 0.2) is 115 Å². The number of carbonyl (C=O) groups is 3. The van der Waals surface area contributed by atoms with Gasteiger partial charge in [-0.15, -0.1) is 5.10 Å². The second-order valence-corrected chi connectivity index (χ2v) is 14.3. The Labute approximate surface area is 327 Å². The summed E-state index contributed by atoms with van der Waals surface area (Å²) in [6.45, 7) is 6.14. The average Bonchev–Trinajstić information content (AvgIpc) is 3.61. The first kappa shape index (κ1) is 39.8. The van der Waals surface area contributed by atoms with Gasteiger partial charge in [0.15, 0.2) is 5.78 Å². The number of nitrogens with one attached hydrogen (secondary N) is 1. The summed E-state index contributed by atoms with van der Waals surface area (Å²) in [6, 6.07) is 32.4. The number of ketones is 1.